The number of carbonyl (C=O) groups excluding carboxylic acids is 4. The van der Waals surface area contributed by atoms with Gasteiger partial charge in [-0.15, -0.1) is 0 Å². The van der Waals surface area contributed by atoms with Crippen LogP contribution in [-0.4, -0.2) is 60.7 Å². The van der Waals surface area contributed by atoms with Crippen LogP contribution in [0.25, 0.3) is 0 Å². The highest BCUT2D eigenvalue weighted by atomic mass is 79.9. The molecule has 0 spiro atoms. The zero-order chi connectivity index (χ0) is 29.8. The summed E-state index contributed by atoms with van der Waals surface area (Å²) in [5.74, 6) is -1.79. The number of carbonyl (C=O) groups is 4. The predicted octanol–water partition coefficient (Wildman–Crippen LogP) is 4.61. The lowest BCUT2D eigenvalue weighted by Gasteiger charge is -2.33. The van der Waals surface area contributed by atoms with E-state index in [-0.39, 0.29) is 11.6 Å². The SMILES string of the molecule is COc1ccc(C(=O)[C@@H]2[C@H]3C(=O)N(c4ccc5c(c4)OCCO5)C(=O)[C@@H]3[C@H]3C=C(C(=O)c4ccccc4)C=CN32)cc1Br. The van der Waals surface area contributed by atoms with Crippen LogP contribution >= 0.6 is 15.9 Å². The van der Waals surface area contributed by atoms with E-state index < -0.39 is 35.7 Å². The molecule has 2 amide bonds. The van der Waals surface area contributed by atoms with Gasteiger partial charge in [-0.25, -0.2) is 4.90 Å². The molecule has 0 aliphatic carbocycles. The Bertz CT molecular complexity index is 1750. The molecule has 2 fully saturated rings. The van der Waals surface area contributed by atoms with Gasteiger partial charge >= 0.3 is 0 Å². The zero-order valence-electron chi connectivity index (χ0n) is 22.9. The van der Waals surface area contributed by atoms with Gasteiger partial charge in [-0.3, -0.25) is 19.2 Å². The second-order valence-corrected chi connectivity index (χ2v) is 11.5. The van der Waals surface area contributed by atoms with E-state index in [0.29, 0.717) is 57.3 Å². The third-order valence-corrected chi connectivity index (χ3v) is 8.95. The highest BCUT2D eigenvalue weighted by Gasteiger charge is 2.63. The quantitative estimate of drug-likeness (QED) is 0.284. The molecule has 4 atom stereocenters. The summed E-state index contributed by atoms with van der Waals surface area (Å²) in [6.07, 6.45) is 5.02. The van der Waals surface area contributed by atoms with Crippen LogP contribution in [-0.2, 0) is 9.59 Å². The van der Waals surface area contributed by atoms with Crippen molar-refractivity contribution >= 4 is 45.0 Å². The maximum Gasteiger partial charge on any atom is 0.240 e. The van der Waals surface area contributed by atoms with Gasteiger partial charge in [0.25, 0.3) is 0 Å². The van der Waals surface area contributed by atoms with E-state index >= 15 is 0 Å². The summed E-state index contributed by atoms with van der Waals surface area (Å²) in [7, 11) is 1.53. The number of ether oxygens (including phenoxy) is 3. The van der Waals surface area contributed by atoms with Crippen molar-refractivity contribution in [2.45, 2.75) is 12.1 Å². The largest absolute Gasteiger partial charge is 0.496 e. The lowest BCUT2D eigenvalue weighted by atomic mass is 9.85. The van der Waals surface area contributed by atoms with E-state index in [0.717, 1.165) is 4.90 Å². The molecule has 3 aromatic rings. The van der Waals surface area contributed by atoms with Crippen LogP contribution in [0.1, 0.15) is 20.7 Å². The van der Waals surface area contributed by atoms with Gasteiger partial charge in [0.1, 0.15) is 25.0 Å². The normalized spacial score (nSPS) is 23.5. The maximum atomic E-state index is 14.2. The molecule has 0 radical (unpaired) electrons. The van der Waals surface area contributed by atoms with Crippen LogP contribution in [0.3, 0.4) is 0 Å². The Morgan fingerprint density at radius 2 is 1.63 bits per heavy atom. The van der Waals surface area contributed by atoms with Crippen LogP contribution in [0.2, 0.25) is 0 Å². The highest BCUT2D eigenvalue weighted by Crippen LogP contribution is 2.48. The van der Waals surface area contributed by atoms with E-state index in [2.05, 4.69) is 15.9 Å². The number of rotatable bonds is 6. The van der Waals surface area contributed by atoms with E-state index in [1.54, 1.807) is 83.9 Å². The number of anilines is 1. The summed E-state index contributed by atoms with van der Waals surface area (Å²) in [6.45, 7) is 0.759. The molecule has 7 rings (SSSR count). The number of allylic oxidation sites excluding steroid dienone is 2. The number of halogens is 1. The smallest absolute Gasteiger partial charge is 0.240 e. The van der Waals surface area contributed by atoms with Gasteiger partial charge in [0.05, 0.1) is 35.1 Å². The van der Waals surface area contributed by atoms with E-state index in [4.69, 9.17) is 14.2 Å². The molecular formula is C33H25BrN2O7. The van der Waals surface area contributed by atoms with Crippen LogP contribution in [0.15, 0.2) is 95.1 Å². The maximum absolute atomic E-state index is 14.2. The molecule has 4 aliphatic heterocycles. The molecule has 216 valence electrons. The van der Waals surface area contributed by atoms with E-state index in [1.807, 2.05) is 6.07 Å². The highest BCUT2D eigenvalue weighted by molar-refractivity contribution is 9.10. The minimum Gasteiger partial charge on any atom is -0.496 e. The van der Waals surface area contributed by atoms with Crippen LogP contribution < -0.4 is 19.1 Å². The molecule has 2 saturated heterocycles. The molecule has 3 aromatic carbocycles. The Morgan fingerprint density at radius 3 is 2.37 bits per heavy atom. The topological polar surface area (TPSA) is 102 Å². The summed E-state index contributed by atoms with van der Waals surface area (Å²) < 4.78 is 17.2. The number of Topliss-reactive ketones (excluding diaryl/α,β-unsaturated/α-hetero) is 2. The molecule has 9 nitrogen and oxygen atoms in total. The van der Waals surface area contributed by atoms with Gasteiger partial charge in [0.15, 0.2) is 23.1 Å². The molecular weight excluding hydrogens is 616 g/mol. The molecule has 0 saturated carbocycles. The van der Waals surface area contributed by atoms with Crippen molar-refractivity contribution in [3.05, 3.63) is 106 Å². The number of hydrogen-bond acceptors (Lipinski definition) is 8. The number of methoxy groups -OCH3 is 1. The third-order valence-electron chi connectivity index (χ3n) is 8.34. The molecule has 43 heavy (non-hydrogen) atoms. The van der Waals surface area contributed by atoms with Crippen LogP contribution in [0, 0.1) is 11.8 Å². The number of benzene rings is 3. The minimum atomic E-state index is -0.980. The fourth-order valence-corrected chi connectivity index (χ4v) is 6.91. The Balaban J connectivity index is 1.30. The van der Waals surface area contributed by atoms with Crippen molar-refractivity contribution in [2.75, 3.05) is 25.2 Å². The number of hydrogen-bond donors (Lipinski definition) is 0. The Labute approximate surface area is 255 Å². The first-order chi connectivity index (χ1) is 20.9. The minimum absolute atomic E-state index is 0.206. The monoisotopic (exact) mass is 640 g/mol. The van der Waals surface area contributed by atoms with Crippen molar-refractivity contribution in [2.24, 2.45) is 11.8 Å². The van der Waals surface area contributed by atoms with Gasteiger partial charge in [-0.05, 0) is 52.3 Å². The van der Waals surface area contributed by atoms with Gasteiger partial charge < -0.3 is 19.1 Å². The van der Waals surface area contributed by atoms with E-state index in [9.17, 15) is 19.2 Å². The lowest BCUT2D eigenvalue weighted by Crippen LogP contribution is -2.46. The number of imide groups is 1. The molecule has 4 heterocycles. The van der Waals surface area contributed by atoms with Crippen molar-refractivity contribution < 1.29 is 33.4 Å². The number of nitrogens with zero attached hydrogens (tertiary/aromatic N) is 2. The first-order valence-corrected chi connectivity index (χ1v) is 14.6. The third kappa shape index (κ3) is 4.36. The molecule has 0 N–H and O–H groups in total. The van der Waals surface area contributed by atoms with Crippen molar-refractivity contribution in [1.82, 2.24) is 4.90 Å². The number of amides is 2. The first kappa shape index (κ1) is 27.2. The second kappa shape index (κ2) is 10.5. The van der Waals surface area contributed by atoms with Gasteiger partial charge in [-0.2, -0.15) is 0 Å². The second-order valence-electron chi connectivity index (χ2n) is 10.6. The number of fused-ring (bicyclic) bond motifs is 4. The lowest BCUT2D eigenvalue weighted by molar-refractivity contribution is -0.123. The van der Waals surface area contributed by atoms with Crippen LogP contribution in [0.4, 0.5) is 5.69 Å². The Morgan fingerprint density at radius 1 is 0.884 bits per heavy atom. The summed E-state index contributed by atoms with van der Waals surface area (Å²) >= 11 is 3.44. The Kier molecular flexibility index (Phi) is 6.65. The standard InChI is InChI=1S/C33H25BrN2O7/c1-41-24-9-7-19(15-22(24)34)31(38)29-28-27(23-16-20(11-12-35(23)29)30(37)18-5-3-2-4-6-18)32(39)36(33(28)40)21-8-10-25-26(17-21)43-14-13-42-25/h2-12,15-17,23,27-29H,13-14H2,1H3/t23-,27-,28+,29+/m1/s1. The zero-order valence-corrected chi connectivity index (χ0v) is 24.5. The van der Waals surface area contributed by atoms with Gasteiger partial charge in [0.2, 0.25) is 11.8 Å². The molecule has 10 heteroatoms. The van der Waals surface area contributed by atoms with Crippen molar-refractivity contribution in [3.8, 4) is 17.2 Å². The fourth-order valence-electron chi connectivity index (χ4n) is 6.37. The summed E-state index contributed by atoms with van der Waals surface area (Å²) in [4.78, 5) is 58.7. The van der Waals surface area contributed by atoms with Crippen LogP contribution in [0.5, 0.6) is 17.2 Å². The average Bonchev–Trinajstić information content (AvgIpc) is 3.51. The van der Waals surface area contributed by atoms with Crippen molar-refractivity contribution in [3.63, 3.8) is 0 Å². The fraction of sp³-hybridized carbons (Fsp3) is 0.212. The van der Waals surface area contributed by atoms with Crippen molar-refractivity contribution in [1.29, 1.82) is 0 Å². The molecule has 0 unspecified atom stereocenters. The average molecular weight is 641 g/mol. The summed E-state index contributed by atoms with van der Waals surface area (Å²) in [6, 6.07) is 17.1. The van der Waals surface area contributed by atoms with E-state index in [1.165, 1.54) is 7.11 Å². The number of ketones is 2. The van der Waals surface area contributed by atoms with Gasteiger partial charge in [0, 0.05) is 29.0 Å². The Hall–Kier alpha value is -4.70. The summed E-state index contributed by atoms with van der Waals surface area (Å²) in [5.41, 5.74) is 1.60. The molecule has 0 bridgehead atoms. The molecule has 0 aromatic heterocycles. The molecule has 4 aliphatic rings. The summed E-state index contributed by atoms with van der Waals surface area (Å²) in [5, 5.41) is 0. The van der Waals surface area contributed by atoms with Gasteiger partial charge in [-0.1, -0.05) is 36.4 Å². The first-order valence-electron chi connectivity index (χ1n) is 13.8. The predicted molar refractivity (Wildman–Crippen MR) is 159 cm³/mol.